The molecular weight excluding hydrogens is 258 g/mol. The van der Waals surface area contributed by atoms with Crippen molar-refractivity contribution in [1.29, 1.82) is 0 Å². The summed E-state index contributed by atoms with van der Waals surface area (Å²) in [6.07, 6.45) is 8.61. The highest BCUT2D eigenvalue weighted by Crippen LogP contribution is 2.29. The molecule has 3 rings (SSSR count). The topological polar surface area (TPSA) is 21.3 Å². The third-order valence-corrected chi connectivity index (χ3v) is 3.89. The van der Waals surface area contributed by atoms with Gasteiger partial charge in [-0.2, -0.15) is 0 Å². The van der Waals surface area contributed by atoms with Gasteiger partial charge in [0.1, 0.15) is 11.9 Å². The standard InChI is InChI=1S/C19H21NO/c1-20-14-13-18(16-8-2-3-9-16)21-19-12-6-10-15-7-4-5-11-17(15)19/h2-8,10-12,18,20H,9,13-14H2,1H3/t18-/m0/s1. The maximum atomic E-state index is 6.37. The minimum Gasteiger partial charge on any atom is -0.485 e. The summed E-state index contributed by atoms with van der Waals surface area (Å²) in [7, 11) is 1.98. The van der Waals surface area contributed by atoms with E-state index in [-0.39, 0.29) is 6.10 Å². The van der Waals surface area contributed by atoms with Crippen LogP contribution in [0.2, 0.25) is 0 Å². The molecule has 0 saturated heterocycles. The molecule has 108 valence electrons. The molecule has 1 atom stereocenters. The minimum absolute atomic E-state index is 0.137. The Hall–Kier alpha value is -2.06. The van der Waals surface area contributed by atoms with Crippen molar-refractivity contribution in [3.8, 4) is 5.75 Å². The number of ether oxygens (including phenoxy) is 1. The van der Waals surface area contributed by atoms with E-state index in [1.165, 1.54) is 16.3 Å². The molecule has 0 radical (unpaired) electrons. The number of allylic oxidation sites excluding steroid dienone is 3. The molecular formula is C19H21NO. The first-order valence-electron chi connectivity index (χ1n) is 7.53. The van der Waals surface area contributed by atoms with Crippen LogP contribution in [0.1, 0.15) is 12.8 Å². The van der Waals surface area contributed by atoms with Crippen molar-refractivity contribution in [3.63, 3.8) is 0 Å². The van der Waals surface area contributed by atoms with Crippen LogP contribution < -0.4 is 10.1 Å². The number of benzene rings is 2. The molecule has 0 aliphatic heterocycles. The molecule has 2 aromatic rings. The number of nitrogens with one attached hydrogen (secondary N) is 1. The van der Waals surface area contributed by atoms with Crippen LogP contribution in [-0.2, 0) is 0 Å². The van der Waals surface area contributed by atoms with Crippen molar-refractivity contribution in [3.05, 3.63) is 66.3 Å². The van der Waals surface area contributed by atoms with Crippen molar-refractivity contribution < 1.29 is 4.74 Å². The molecule has 2 aromatic carbocycles. The van der Waals surface area contributed by atoms with Crippen LogP contribution in [0.5, 0.6) is 5.75 Å². The highest BCUT2D eigenvalue weighted by atomic mass is 16.5. The fourth-order valence-corrected chi connectivity index (χ4v) is 2.75. The summed E-state index contributed by atoms with van der Waals surface area (Å²) < 4.78 is 6.37. The minimum atomic E-state index is 0.137. The molecule has 0 aromatic heterocycles. The quantitative estimate of drug-likeness (QED) is 0.860. The zero-order chi connectivity index (χ0) is 14.5. The fourth-order valence-electron chi connectivity index (χ4n) is 2.75. The van der Waals surface area contributed by atoms with Gasteiger partial charge in [-0.05, 0) is 37.0 Å². The highest BCUT2D eigenvalue weighted by molar-refractivity contribution is 5.88. The van der Waals surface area contributed by atoms with Gasteiger partial charge in [0.25, 0.3) is 0 Å². The molecule has 0 unspecified atom stereocenters. The van der Waals surface area contributed by atoms with Gasteiger partial charge < -0.3 is 10.1 Å². The first kappa shape index (κ1) is 13.9. The van der Waals surface area contributed by atoms with Crippen LogP contribution >= 0.6 is 0 Å². The molecule has 21 heavy (non-hydrogen) atoms. The van der Waals surface area contributed by atoms with Crippen molar-refractivity contribution in [2.75, 3.05) is 13.6 Å². The van der Waals surface area contributed by atoms with E-state index < -0.39 is 0 Å². The van der Waals surface area contributed by atoms with Gasteiger partial charge >= 0.3 is 0 Å². The average Bonchev–Trinajstić information content (AvgIpc) is 3.06. The van der Waals surface area contributed by atoms with E-state index in [0.29, 0.717) is 0 Å². The molecule has 0 bridgehead atoms. The zero-order valence-corrected chi connectivity index (χ0v) is 12.4. The molecule has 2 heteroatoms. The van der Waals surface area contributed by atoms with Gasteiger partial charge in [0.05, 0.1) is 0 Å². The van der Waals surface area contributed by atoms with Crippen molar-refractivity contribution in [1.82, 2.24) is 5.32 Å². The molecule has 0 saturated carbocycles. The zero-order valence-electron chi connectivity index (χ0n) is 12.4. The summed E-state index contributed by atoms with van der Waals surface area (Å²) in [6, 6.07) is 14.6. The summed E-state index contributed by atoms with van der Waals surface area (Å²) >= 11 is 0. The molecule has 0 amide bonds. The lowest BCUT2D eigenvalue weighted by Gasteiger charge is -2.21. The van der Waals surface area contributed by atoms with Crippen molar-refractivity contribution >= 4 is 10.8 Å². The molecule has 0 fully saturated rings. The van der Waals surface area contributed by atoms with Crippen LogP contribution in [0.4, 0.5) is 0 Å². The predicted molar refractivity (Wildman–Crippen MR) is 88.7 cm³/mol. The Morgan fingerprint density at radius 2 is 2.00 bits per heavy atom. The number of rotatable bonds is 6. The van der Waals surface area contributed by atoms with Crippen LogP contribution in [0, 0.1) is 0 Å². The van der Waals surface area contributed by atoms with Gasteiger partial charge in [-0.3, -0.25) is 0 Å². The van der Waals surface area contributed by atoms with Gasteiger partial charge in [-0.1, -0.05) is 54.6 Å². The molecule has 1 aliphatic carbocycles. The Morgan fingerprint density at radius 1 is 1.14 bits per heavy atom. The largest absolute Gasteiger partial charge is 0.485 e. The molecule has 1 N–H and O–H groups in total. The first-order valence-corrected chi connectivity index (χ1v) is 7.53. The molecule has 1 aliphatic rings. The number of hydrogen-bond acceptors (Lipinski definition) is 2. The number of fused-ring (bicyclic) bond motifs is 1. The Morgan fingerprint density at radius 3 is 2.81 bits per heavy atom. The van der Waals surface area contributed by atoms with Crippen LogP contribution in [0.15, 0.2) is 66.3 Å². The third kappa shape index (κ3) is 3.17. The first-order chi connectivity index (χ1) is 10.4. The summed E-state index contributed by atoms with van der Waals surface area (Å²) in [4.78, 5) is 0. The van der Waals surface area contributed by atoms with E-state index in [9.17, 15) is 0 Å². The van der Waals surface area contributed by atoms with Crippen LogP contribution in [-0.4, -0.2) is 19.7 Å². The average molecular weight is 279 g/mol. The second kappa shape index (κ2) is 6.59. The normalized spacial score (nSPS) is 15.2. The SMILES string of the molecule is CNCC[C@H](Oc1cccc2ccccc12)C1=CC=CC1. The van der Waals surface area contributed by atoms with E-state index in [1.807, 2.05) is 7.05 Å². The third-order valence-electron chi connectivity index (χ3n) is 3.89. The van der Waals surface area contributed by atoms with Crippen LogP contribution in [0.25, 0.3) is 10.8 Å². The smallest absolute Gasteiger partial charge is 0.128 e. The van der Waals surface area contributed by atoms with E-state index >= 15 is 0 Å². The van der Waals surface area contributed by atoms with Gasteiger partial charge in [0.2, 0.25) is 0 Å². The Bertz CT molecular complexity index is 667. The predicted octanol–water partition coefficient (Wildman–Crippen LogP) is 4.08. The van der Waals surface area contributed by atoms with E-state index in [2.05, 4.69) is 66.0 Å². The lowest BCUT2D eigenvalue weighted by Crippen LogP contribution is -2.24. The Kier molecular flexibility index (Phi) is 4.37. The van der Waals surface area contributed by atoms with Crippen molar-refractivity contribution in [2.24, 2.45) is 0 Å². The van der Waals surface area contributed by atoms with Gasteiger partial charge in [0.15, 0.2) is 0 Å². The van der Waals surface area contributed by atoms with Gasteiger partial charge in [-0.15, -0.1) is 0 Å². The van der Waals surface area contributed by atoms with Gasteiger partial charge in [-0.25, -0.2) is 0 Å². The Labute approximate surface area is 126 Å². The second-order valence-corrected chi connectivity index (χ2v) is 5.35. The number of hydrogen-bond donors (Lipinski definition) is 1. The Balaban J connectivity index is 1.86. The maximum absolute atomic E-state index is 6.37. The van der Waals surface area contributed by atoms with Crippen LogP contribution in [0.3, 0.4) is 0 Å². The molecule has 0 heterocycles. The molecule has 2 nitrogen and oxygen atoms in total. The summed E-state index contributed by atoms with van der Waals surface area (Å²) in [5, 5.41) is 5.62. The van der Waals surface area contributed by atoms with E-state index in [1.54, 1.807) is 0 Å². The second-order valence-electron chi connectivity index (χ2n) is 5.35. The highest BCUT2D eigenvalue weighted by Gasteiger charge is 2.17. The maximum Gasteiger partial charge on any atom is 0.128 e. The van der Waals surface area contributed by atoms with E-state index in [0.717, 1.165) is 25.1 Å². The fraction of sp³-hybridized carbons (Fsp3) is 0.263. The summed E-state index contributed by atoms with van der Waals surface area (Å²) in [6.45, 7) is 0.951. The lowest BCUT2D eigenvalue weighted by atomic mass is 10.1. The van der Waals surface area contributed by atoms with E-state index in [4.69, 9.17) is 4.74 Å². The summed E-state index contributed by atoms with van der Waals surface area (Å²) in [5.41, 5.74) is 1.36. The molecule has 0 spiro atoms. The lowest BCUT2D eigenvalue weighted by molar-refractivity contribution is 0.227. The van der Waals surface area contributed by atoms with Gasteiger partial charge in [0, 0.05) is 11.8 Å². The summed E-state index contributed by atoms with van der Waals surface area (Å²) in [5.74, 6) is 0.974. The monoisotopic (exact) mass is 279 g/mol. The van der Waals surface area contributed by atoms with Crippen molar-refractivity contribution in [2.45, 2.75) is 18.9 Å².